The van der Waals surface area contributed by atoms with Crippen molar-refractivity contribution in [2.24, 2.45) is 0 Å². The quantitative estimate of drug-likeness (QED) is 0.809. The summed E-state index contributed by atoms with van der Waals surface area (Å²) in [5.41, 5.74) is 1.70. The molecule has 0 spiro atoms. The lowest BCUT2D eigenvalue weighted by Gasteiger charge is -2.36. The summed E-state index contributed by atoms with van der Waals surface area (Å²) in [6, 6.07) is 5.81. The lowest BCUT2D eigenvalue weighted by atomic mass is 10.1. The van der Waals surface area contributed by atoms with Crippen LogP contribution in [0.15, 0.2) is 18.2 Å². The second kappa shape index (κ2) is 6.60. The first kappa shape index (κ1) is 14.0. The number of nitrogens with zero attached hydrogens (tertiary/aromatic N) is 1. The SMILES string of the molecule is CC.Cc1ccc(N2CCNCC2C)c(F)c1. The fourth-order valence-electron chi connectivity index (χ4n) is 2.04. The van der Waals surface area contributed by atoms with E-state index in [1.54, 1.807) is 6.07 Å². The molecule has 2 rings (SSSR count). The van der Waals surface area contributed by atoms with Crippen LogP contribution in [0.5, 0.6) is 0 Å². The molecule has 0 aromatic heterocycles. The molecular weight excluding hydrogens is 215 g/mol. The van der Waals surface area contributed by atoms with Gasteiger partial charge in [-0.25, -0.2) is 4.39 Å². The maximum Gasteiger partial charge on any atom is 0.146 e. The van der Waals surface area contributed by atoms with Crippen LogP contribution in [-0.4, -0.2) is 25.7 Å². The monoisotopic (exact) mass is 238 g/mol. The maximum absolute atomic E-state index is 13.7. The van der Waals surface area contributed by atoms with Crippen LogP contribution in [0.4, 0.5) is 10.1 Å². The topological polar surface area (TPSA) is 15.3 Å². The predicted octanol–water partition coefficient (Wildman–Crippen LogP) is 2.96. The van der Waals surface area contributed by atoms with Gasteiger partial charge in [0, 0.05) is 25.7 Å². The lowest BCUT2D eigenvalue weighted by Crippen LogP contribution is -2.50. The molecule has 1 heterocycles. The Morgan fingerprint density at radius 3 is 2.65 bits per heavy atom. The Morgan fingerprint density at radius 2 is 2.06 bits per heavy atom. The van der Waals surface area contributed by atoms with Gasteiger partial charge in [0.15, 0.2) is 0 Å². The van der Waals surface area contributed by atoms with Crippen LogP contribution in [0.3, 0.4) is 0 Å². The summed E-state index contributed by atoms with van der Waals surface area (Å²) in [6.45, 7) is 10.8. The molecule has 1 atom stereocenters. The van der Waals surface area contributed by atoms with Gasteiger partial charge >= 0.3 is 0 Å². The van der Waals surface area contributed by atoms with Gasteiger partial charge in [0.25, 0.3) is 0 Å². The number of halogens is 1. The molecule has 1 aromatic carbocycles. The van der Waals surface area contributed by atoms with E-state index in [9.17, 15) is 4.39 Å². The number of rotatable bonds is 1. The van der Waals surface area contributed by atoms with E-state index in [1.165, 1.54) is 0 Å². The molecule has 0 radical (unpaired) electrons. The molecule has 1 aromatic rings. The standard InChI is InChI=1S/C12H17FN2.C2H6/c1-9-3-4-12(11(13)7-9)15-6-5-14-8-10(15)2;1-2/h3-4,7,10,14H,5-6,8H2,1-2H3;1-2H3. The number of hydrogen-bond acceptors (Lipinski definition) is 2. The van der Waals surface area contributed by atoms with Crippen molar-refractivity contribution in [2.75, 3.05) is 24.5 Å². The van der Waals surface area contributed by atoms with Gasteiger partial charge in [-0.05, 0) is 31.5 Å². The summed E-state index contributed by atoms with van der Waals surface area (Å²) in [7, 11) is 0. The van der Waals surface area contributed by atoms with Gasteiger partial charge in [-0.15, -0.1) is 0 Å². The van der Waals surface area contributed by atoms with Gasteiger partial charge in [-0.3, -0.25) is 0 Å². The van der Waals surface area contributed by atoms with E-state index >= 15 is 0 Å². The highest BCUT2D eigenvalue weighted by Crippen LogP contribution is 2.22. The Balaban J connectivity index is 0.000000686. The molecule has 1 aliphatic rings. The Bertz CT molecular complexity index is 352. The fraction of sp³-hybridized carbons (Fsp3) is 0.571. The van der Waals surface area contributed by atoms with Crippen LogP contribution in [0.1, 0.15) is 26.3 Å². The molecule has 3 heteroatoms. The molecule has 1 aliphatic heterocycles. The Hall–Kier alpha value is -1.09. The first-order valence-electron chi connectivity index (χ1n) is 6.42. The number of nitrogens with one attached hydrogen (secondary N) is 1. The molecule has 1 N–H and O–H groups in total. The van der Waals surface area contributed by atoms with Gasteiger partial charge in [0.1, 0.15) is 5.82 Å². The molecule has 2 nitrogen and oxygen atoms in total. The average Bonchev–Trinajstić information content (AvgIpc) is 2.33. The van der Waals surface area contributed by atoms with Crippen LogP contribution in [0.25, 0.3) is 0 Å². The second-order valence-electron chi connectivity index (χ2n) is 4.20. The molecule has 0 saturated carbocycles. The van der Waals surface area contributed by atoms with Gasteiger partial charge < -0.3 is 10.2 Å². The summed E-state index contributed by atoms with van der Waals surface area (Å²) in [5.74, 6) is -0.108. The van der Waals surface area contributed by atoms with E-state index in [4.69, 9.17) is 0 Å². The zero-order chi connectivity index (χ0) is 12.8. The Kier molecular flexibility index (Phi) is 5.42. The van der Waals surface area contributed by atoms with Gasteiger partial charge in [-0.2, -0.15) is 0 Å². The summed E-state index contributed by atoms with van der Waals surface area (Å²) >= 11 is 0. The summed E-state index contributed by atoms with van der Waals surface area (Å²) in [5, 5.41) is 3.30. The molecule has 1 fully saturated rings. The third kappa shape index (κ3) is 3.43. The number of benzene rings is 1. The molecule has 0 bridgehead atoms. The Morgan fingerprint density at radius 1 is 1.35 bits per heavy atom. The highest BCUT2D eigenvalue weighted by molar-refractivity contribution is 5.50. The average molecular weight is 238 g/mol. The summed E-state index contributed by atoms with van der Waals surface area (Å²) < 4.78 is 13.7. The van der Waals surface area contributed by atoms with E-state index in [1.807, 2.05) is 32.9 Å². The van der Waals surface area contributed by atoms with Crippen molar-refractivity contribution in [2.45, 2.75) is 33.7 Å². The van der Waals surface area contributed by atoms with Gasteiger partial charge in [0.05, 0.1) is 5.69 Å². The van der Waals surface area contributed by atoms with Crippen molar-refractivity contribution in [1.29, 1.82) is 0 Å². The van der Waals surface area contributed by atoms with E-state index in [-0.39, 0.29) is 5.82 Å². The van der Waals surface area contributed by atoms with E-state index in [0.717, 1.165) is 30.9 Å². The minimum atomic E-state index is -0.108. The van der Waals surface area contributed by atoms with Crippen LogP contribution in [0, 0.1) is 12.7 Å². The minimum Gasteiger partial charge on any atom is -0.364 e. The number of hydrogen-bond donors (Lipinski definition) is 1. The molecular formula is C14H23FN2. The van der Waals surface area contributed by atoms with E-state index in [2.05, 4.69) is 17.1 Å². The molecule has 96 valence electrons. The van der Waals surface area contributed by atoms with Crippen LogP contribution < -0.4 is 10.2 Å². The van der Waals surface area contributed by atoms with Crippen molar-refractivity contribution in [3.63, 3.8) is 0 Å². The van der Waals surface area contributed by atoms with Crippen molar-refractivity contribution in [3.8, 4) is 0 Å². The smallest absolute Gasteiger partial charge is 0.146 e. The zero-order valence-corrected chi connectivity index (χ0v) is 11.3. The zero-order valence-electron chi connectivity index (χ0n) is 11.3. The first-order chi connectivity index (χ1) is 8.18. The third-order valence-electron chi connectivity index (χ3n) is 2.91. The third-order valence-corrected chi connectivity index (χ3v) is 2.91. The highest BCUT2D eigenvalue weighted by Gasteiger charge is 2.20. The Labute approximate surface area is 104 Å². The first-order valence-corrected chi connectivity index (χ1v) is 6.42. The molecule has 0 amide bonds. The minimum absolute atomic E-state index is 0.108. The molecule has 0 aliphatic carbocycles. The number of anilines is 1. The second-order valence-corrected chi connectivity index (χ2v) is 4.20. The molecule has 17 heavy (non-hydrogen) atoms. The molecule has 1 unspecified atom stereocenters. The highest BCUT2D eigenvalue weighted by atomic mass is 19.1. The normalized spacial score (nSPS) is 19.6. The number of piperazine rings is 1. The van der Waals surface area contributed by atoms with Crippen molar-refractivity contribution >= 4 is 5.69 Å². The predicted molar refractivity (Wildman–Crippen MR) is 72.2 cm³/mol. The van der Waals surface area contributed by atoms with Gasteiger partial charge in [-0.1, -0.05) is 19.9 Å². The van der Waals surface area contributed by atoms with E-state index in [0.29, 0.717) is 6.04 Å². The molecule has 1 saturated heterocycles. The van der Waals surface area contributed by atoms with E-state index < -0.39 is 0 Å². The van der Waals surface area contributed by atoms with Crippen molar-refractivity contribution in [3.05, 3.63) is 29.6 Å². The van der Waals surface area contributed by atoms with Gasteiger partial charge in [0.2, 0.25) is 0 Å². The lowest BCUT2D eigenvalue weighted by molar-refractivity contribution is 0.491. The largest absolute Gasteiger partial charge is 0.364 e. The summed E-state index contributed by atoms with van der Waals surface area (Å²) in [6.07, 6.45) is 0. The van der Waals surface area contributed by atoms with Crippen molar-refractivity contribution < 1.29 is 4.39 Å². The maximum atomic E-state index is 13.7. The van der Waals surface area contributed by atoms with Crippen LogP contribution in [-0.2, 0) is 0 Å². The number of aryl methyl sites for hydroxylation is 1. The summed E-state index contributed by atoms with van der Waals surface area (Å²) in [4.78, 5) is 2.13. The fourth-order valence-corrected chi connectivity index (χ4v) is 2.04. The van der Waals surface area contributed by atoms with Crippen LogP contribution in [0.2, 0.25) is 0 Å². The van der Waals surface area contributed by atoms with Crippen molar-refractivity contribution in [1.82, 2.24) is 5.32 Å². The van der Waals surface area contributed by atoms with Crippen LogP contribution >= 0.6 is 0 Å².